The summed E-state index contributed by atoms with van der Waals surface area (Å²) in [7, 11) is 0. The number of rotatable bonds is 4. The maximum absolute atomic E-state index is 12.1. The second-order valence-electron chi connectivity index (χ2n) is 4.50. The summed E-state index contributed by atoms with van der Waals surface area (Å²) in [6.45, 7) is 2.74. The van der Waals surface area contributed by atoms with Crippen molar-refractivity contribution in [2.24, 2.45) is 5.73 Å². The van der Waals surface area contributed by atoms with E-state index in [9.17, 15) is 4.79 Å². The van der Waals surface area contributed by atoms with Crippen molar-refractivity contribution in [3.05, 3.63) is 59.0 Å². The van der Waals surface area contributed by atoms with Crippen molar-refractivity contribution in [3.63, 3.8) is 0 Å². The second kappa shape index (κ2) is 7.32. The fourth-order valence-electron chi connectivity index (χ4n) is 2.01. The van der Waals surface area contributed by atoms with Crippen LogP contribution in [0.15, 0.2) is 41.0 Å². The van der Waals surface area contributed by atoms with E-state index < -0.39 is 0 Å². The van der Waals surface area contributed by atoms with Crippen LogP contribution in [0.4, 0.5) is 0 Å². The summed E-state index contributed by atoms with van der Waals surface area (Å²) in [4.78, 5) is 12.1. The number of carbonyl (C=O) groups is 1. The summed E-state index contributed by atoms with van der Waals surface area (Å²) < 4.78 is 5.26. The van der Waals surface area contributed by atoms with E-state index in [-0.39, 0.29) is 5.91 Å². The molecule has 1 aromatic carbocycles. The predicted octanol–water partition coefficient (Wildman–Crippen LogP) is 2.08. The molecule has 1 heterocycles. The zero-order valence-electron chi connectivity index (χ0n) is 12.0. The molecule has 0 bridgehead atoms. The summed E-state index contributed by atoms with van der Waals surface area (Å²) in [5.41, 5.74) is 7.84. The van der Waals surface area contributed by atoms with Gasteiger partial charge in [-0.15, -0.1) is 0 Å². The van der Waals surface area contributed by atoms with Gasteiger partial charge in [-0.05, 0) is 23.8 Å². The molecule has 0 saturated heterocycles. The van der Waals surface area contributed by atoms with Crippen LogP contribution in [0.1, 0.15) is 34.2 Å². The number of nitrogens with two attached hydrogens (primary N) is 1. The molecular formula is C17H18N2O2. The summed E-state index contributed by atoms with van der Waals surface area (Å²) in [5, 5.41) is 2.89. The average molecular weight is 282 g/mol. The molecule has 0 radical (unpaired) electrons. The number of carbonyl (C=O) groups excluding carboxylic acids is 1. The molecule has 4 heteroatoms. The number of aryl methyl sites for hydroxylation is 1. The first kappa shape index (κ1) is 14.9. The minimum Gasteiger partial charge on any atom is -0.469 e. The quantitative estimate of drug-likeness (QED) is 0.844. The number of hydrogen-bond donors (Lipinski definition) is 2. The molecule has 21 heavy (non-hydrogen) atoms. The normalized spacial score (nSPS) is 9.81. The first-order chi connectivity index (χ1) is 10.2. The van der Waals surface area contributed by atoms with Crippen molar-refractivity contribution >= 4 is 5.91 Å². The van der Waals surface area contributed by atoms with Crippen molar-refractivity contribution in [3.8, 4) is 11.8 Å². The van der Waals surface area contributed by atoms with Crippen LogP contribution in [0.2, 0.25) is 0 Å². The standard InChI is InChI=1S/C17H18N2O2/c1-2-16-15(8-10-21-16)17(20)19-12-14-6-3-5-13(11-14)7-4-9-18/h3,5-6,8,10-11H,2,9,12,18H2,1H3,(H,19,20). The summed E-state index contributed by atoms with van der Waals surface area (Å²) in [6.07, 6.45) is 2.23. The summed E-state index contributed by atoms with van der Waals surface area (Å²) in [5.74, 6) is 6.37. The van der Waals surface area contributed by atoms with Gasteiger partial charge in [-0.3, -0.25) is 4.79 Å². The molecule has 108 valence electrons. The van der Waals surface area contributed by atoms with Gasteiger partial charge in [0.25, 0.3) is 5.91 Å². The molecule has 2 rings (SSSR count). The molecule has 4 nitrogen and oxygen atoms in total. The molecule has 3 N–H and O–H groups in total. The van der Waals surface area contributed by atoms with Gasteiger partial charge in [0, 0.05) is 18.5 Å². The number of hydrogen-bond acceptors (Lipinski definition) is 3. The highest BCUT2D eigenvalue weighted by Gasteiger charge is 2.12. The Morgan fingerprint density at radius 2 is 2.24 bits per heavy atom. The Labute approximate surface area is 124 Å². The van der Waals surface area contributed by atoms with Crippen molar-refractivity contribution in [1.29, 1.82) is 0 Å². The van der Waals surface area contributed by atoms with E-state index in [0.29, 0.717) is 30.8 Å². The van der Waals surface area contributed by atoms with Gasteiger partial charge in [-0.1, -0.05) is 30.9 Å². The van der Waals surface area contributed by atoms with Crippen LogP contribution in [0, 0.1) is 11.8 Å². The van der Waals surface area contributed by atoms with Crippen molar-refractivity contribution in [1.82, 2.24) is 5.32 Å². The Morgan fingerprint density at radius 3 is 3.00 bits per heavy atom. The van der Waals surface area contributed by atoms with E-state index in [1.807, 2.05) is 31.2 Å². The SMILES string of the molecule is CCc1occc1C(=O)NCc1cccc(C#CCN)c1. The predicted molar refractivity (Wildman–Crippen MR) is 81.6 cm³/mol. The van der Waals surface area contributed by atoms with Gasteiger partial charge in [-0.2, -0.15) is 0 Å². The van der Waals surface area contributed by atoms with Crippen molar-refractivity contribution in [2.75, 3.05) is 6.54 Å². The maximum Gasteiger partial charge on any atom is 0.255 e. The average Bonchev–Trinajstić information content (AvgIpc) is 2.99. The van der Waals surface area contributed by atoms with Crippen LogP contribution in [0.5, 0.6) is 0 Å². The van der Waals surface area contributed by atoms with Crippen LogP contribution in [0.25, 0.3) is 0 Å². The van der Waals surface area contributed by atoms with Crippen molar-refractivity contribution in [2.45, 2.75) is 19.9 Å². The lowest BCUT2D eigenvalue weighted by molar-refractivity contribution is 0.0949. The lowest BCUT2D eigenvalue weighted by Crippen LogP contribution is -2.23. The second-order valence-corrected chi connectivity index (χ2v) is 4.50. The number of furan rings is 1. The monoisotopic (exact) mass is 282 g/mol. The number of amides is 1. The third kappa shape index (κ3) is 3.98. The lowest BCUT2D eigenvalue weighted by atomic mass is 10.1. The Hall–Kier alpha value is -2.51. The van der Waals surface area contributed by atoms with Crippen molar-refractivity contribution < 1.29 is 9.21 Å². The minimum atomic E-state index is -0.126. The molecule has 0 atom stereocenters. The van der Waals surface area contributed by atoms with Crippen LogP contribution >= 0.6 is 0 Å². The van der Waals surface area contributed by atoms with E-state index in [4.69, 9.17) is 10.2 Å². The van der Waals surface area contributed by atoms with Crippen LogP contribution in [0.3, 0.4) is 0 Å². The Bertz CT molecular complexity index is 677. The van der Waals surface area contributed by atoms with E-state index in [1.54, 1.807) is 6.07 Å². The van der Waals surface area contributed by atoms with Gasteiger partial charge >= 0.3 is 0 Å². The fourth-order valence-corrected chi connectivity index (χ4v) is 2.01. The third-order valence-electron chi connectivity index (χ3n) is 3.03. The Kier molecular flexibility index (Phi) is 5.19. The van der Waals surface area contributed by atoms with Gasteiger partial charge in [0.1, 0.15) is 5.76 Å². The maximum atomic E-state index is 12.1. The highest BCUT2D eigenvalue weighted by molar-refractivity contribution is 5.95. The fraction of sp³-hybridized carbons (Fsp3) is 0.235. The van der Waals surface area contributed by atoms with Crippen LogP contribution < -0.4 is 11.1 Å². The zero-order chi connectivity index (χ0) is 15.1. The smallest absolute Gasteiger partial charge is 0.255 e. The van der Waals surface area contributed by atoms with E-state index >= 15 is 0 Å². The Morgan fingerprint density at radius 1 is 1.38 bits per heavy atom. The topological polar surface area (TPSA) is 68.3 Å². The minimum absolute atomic E-state index is 0.126. The largest absolute Gasteiger partial charge is 0.469 e. The molecule has 0 aliphatic heterocycles. The van der Waals surface area contributed by atoms with Gasteiger partial charge < -0.3 is 15.5 Å². The van der Waals surface area contributed by atoms with Crippen LogP contribution in [-0.2, 0) is 13.0 Å². The molecule has 0 spiro atoms. The molecule has 0 aliphatic carbocycles. The summed E-state index contributed by atoms with van der Waals surface area (Å²) in [6, 6.07) is 9.41. The van der Waals surface area contributed by atoms with Gasteiger partial charge in [-0.25, -0.2) is 0 Å². The molecule has 1 amide bonds. The molecular weight excluding hydrogens is 264 g/mol. The first-order valence-corrected chi connectivity index (χ1v) is 6.87. The lowest BCUT2D eigenvalue weighted by Gasteiger charge is -2.05. The molecule has 0 saturated carbocycles. The van der Waals surface area contributed by atoms with E-state index in [0.717, 1.165) is 11.1 Å². The Balaban J connectivity index is 2.01. The molecule has 0 fully saturated rings. The van der Waals surface area contributed by atoms with Crippen LogP contribution in [-0.4, -0.2) is 12.5 Å². The first-order valence-electron chi connectivity index (χ1n) is 6.87. The molecule has 0 aliphatic rings. The highest BCUT2D eigenvalue weighted by Crippen LogP contribution is 2.11. The van der Waals surface area contributed by atoms with E-state index in [2.05, 4.69) is 17.2 Å². The van der Waals surface area contributed by atoms with Gasteiger partial charge in [0.2, 0.25) is 0 Å². The molecule has 2 aromatic rings. The summed E-state index contributed by atoms with van der Waals surface area (Å²) >= 11 is 0. The third-order valence-corrected chi connectivity index (χ3v) is 3.03. The zero-order valence-corrected chi connectivity index (χ0v) is 12.0. The number of benzene rings is 1. The van der Waals surface area contributed by atoms with E-state index in [1.165, 1.54) is 6.26 Å². The highest BCUT2D eigenvalue weighted by atomic mass is 16.3. The molecule has 0 unspecified atom stereocenters. The number of nitrogens with one attached hydrogen (secondary N) is 1. The molecule has 1 aromatic heterocycles. The van der Waals surface area contributed by atoms with Gasteiger partial charge in [0.05, 0.1) is 18.4 Å². The van der Waals surface area contributed by atoms with Gasteiger partial charge in [0.15, 0.2) is 0 Å².